The van der Waals surface area contributed by atoms with Gasteiger partial charge in [-0.25, -0.2) is 0 Å². The first-order valence-electron chi connectivity index (χ1n) is 13.0. The smallest absolute Gasteiger partial charge is 0.0562 e. The lowest BCUT2D eigenvalue weighted by molar-refractivity contribution is 1.18. The summed E-state index contributed by atoms with van der Waals surface area (Å²) in [5.41, 5.74) is 10.8. The Morgan fingerprint density at radius 1 is 0.395 bits per heavy atom. The van der Waals surface area contributed by atoms with Crippen molar-refractivity contribution in [3.63, 3.8) is 0 Å². The fourth-order valence-corrected chi connectivity index (χ4v) is 5.96. The Morgan fingerprint density at radius 3 is 1.89 bits per heavy atom. The van der Waals surface area contributed by atoms with Crippen LogP contribution in [0.15, 0.2) is 140 Å². The van der Waals surface area contributed by atoms with E-state index in [1.807, 2.05) is 0 Å². The van der Waals surface area contributed by atoms with E-state index in [9.17, 15) is 0 Å². The number of benzene rings is 6. The Labute approximate surface area is 220 Å². The molecule has 0 saturated carbocycles. The molecule has 2 heteroatoms. The molecule has 0 bridgehead atoms. The van der Waals surface area contributed by atoms with Crippen LogP contribution in [0.4, 0.5) is 0 Å². The van der Waals surface area contributed by atoms with E-state index in [4.69, 9.17) is 0 Å². The van der Waals surface area contributed by atoms with Gasteiger partial charge in [-0.05, 0) is 47.0 Å². The normalized spacial score (nSPS) is 11.7. The molecular formula is C36H24N2. The number of fused-ring (bicyclic) bond motifs is 6. The van der Waals surface area contributed by atoms with Gasteiger partial charge < -0.3 is 9.55 Å². The van der Waals surface area contributed by atoms with Crippen LogP contribution in [0.1, 0.15) is 0 Å². The Kier molecular flexibility index (Phi) is 4.55. The van der Waals surface area contributed by atoms with Gasteiger partial charge in [0.2, 0.25) is 0 Å². The minimum atomic E-state index is 1.16. The first-order chi connectivity index (χ1) is 18.8. The van der Waals surface area contributed by atoms with Crippen LogP contribution in [0, 0.1) is 0 Å². The number of H-pyrrole nitrogens is 1. The number of aromatic nitrogens is 2. The Morgan fingerprint density at radius 2 is 1.08 bits per heavy atom. The Hall–Kier alpha value is -5.08. The van der Waals surface area contributed by atoms with E-state index in [-0.39, 0.29) is 0 Å². The van der Waals surface area contributed by atoms with Crippen molar-refractivity contribution in [1.82, 2.24) is 9.55 Å². The second-order valence-corrected chi connectivity index (χ2v) is 9.90. The van der Waals surface area contributed by atoms with Crippen molar-refractivity contribution >= 4 is 43.6 Å². The molecule has 1 N–H and O–H groups in total. The first-order valence-corrected chi connectivity index (χ1v) is 13.0. The third-order valence-corrected chi connectivity index (χ3v) is 7.73. The van der Waals surface area contributed by atoms with Gasteiger partial charge in [0.05, 0.1) is 16.7 Å². The molecule has 6 aromatic carbocycles. The molecule has 2 nitrogen and oxygen atoms in total. The standard InChI is InChI=1S/C36H24N2/c1-3-11-24(12-4-1)26-19-20-27(25-13-5-2-6-14-25)35(21-26)38-34-18-10-8-16-29(34)31-22-30-28-15-7-9-17-32(28)37-33(30)23-36(31)38/h1-23,37H. The molecule has 0 unspecified atom stereocenters. The van der Waals surface area contributed by atoms with Crippen LogP contribution < -0.4 is 0 Å². The maximum atomic E-state index is 3.66. The average molecular weight is 485 g/mol. The maximum absolute atomic E-state index is 3.66. The van der Waals surface area contributed by atoms with Gasteiger partial charge in [-0.1, -0.05) is 109 Å². The molecule has 38 heavy (non-hydrogen) atoms. The van der Waals surface area contributed by atoms with Crippen LogP contribution in [-0.4, -0.2) is 9.55 Å². The number of nitrogens with zero attached hydrogens (tertiary/aromatic N) is 1. The largest absolute Gasteiger partial charge is 0.354 e. The summed E-state index contributed by atoms with van der Waals surface area (Å²) >= 11 is 0. The molecule has 0 fully saturated rings. The van der Waals surface area contributed by atoms with Gasteiger partial charge in [0.15, 0.2) is 0 Å². The first kappa shape index (κ1) is 21.0. The second-order valence-electron chi connectivity index (χ2n) is 9.90. The van der Waals surface area contributed by atoms with Gasteiger partial charge in [0.1, 0.15) is 0 Å². The number of para-hydroxylation sites is 2. The number of rotatable bonds is 3. The highest BCUT2D eigenvalue weighted by atomic mass is 15.0. The van der Waals surface area contributed by atoms with Crippen molar-refractivity contribution in [2.45, 2.75) is 0 Å². The summed E-state index contributed by atoms with van der Waals surface area (Å²) in [7, 11) is 0. The van der Waals surface area contributed by atoms with Gasteiger partial charge in [0.25, 0.3) is 0 Å². The molecule has 178 valence electrons. The van der Waals surface area contributed by atoms with Gasteiger partial charge in [-0.3, -0.25) is 0 Å². The van der Waals surface area contributed by atoms with Crippen molar-refractivity contribution < 1.29 is 0 Å². The van der Waals surface area contributed by atoms with Crippen LogP contribution in [0.5, 0.6) is 0 Å². The molecule has 0 aliphatic rings. The van der Waals surface area contributed by atoms with Crippen LogP contribution in [0.3, 0.4) is 0 Å². The van der Waals surface area contributed by atoms with E-state index >= 15 is 0 Å². The molecule has 2 aromatic heterocycles. The van der Waals surface area contributed by atoms with Gasteiger partial charge >= 0.3 is 0 Å². The summed E-state index contributed by atoms with van der Waals surface area (Å²) in [5, 5.41) is 5.05. The van der Waals surface area contributed by atoms with Crippen molar-refractivity contribution in [2.24, 2.45) is 0 Å². The summed E-state index contributed by atoms with van der Waals surface area (Å²) < 4.78 is 2.45. The highest BCUT2D eigenvalue weighted by Gasteiger charge is 2.18. The zero-order chi connectivity index (χ0) is 25.1. The third-order valence-electron chi connectivity index (χ3n) is 7.73. The number of hydrogen-bond acceptors (Lipinski definition) is 0. The highest BCUT2D eigenvalue weighted by Crippen LogP contribution is 2.40. The van der Waals surface area contributed by atoms with Gasteiger partial charge in [0, 0.05) is 38.1 Å². The SMILES string of the molecule is c1ccc(-c2ccc(-c3ccccc3)c(-n3c4ccccc4c4cc5c(cc43)[nH]c3ccccc35)c2)cc1. The van der Waals surface area contributed by atoms with E-state index < -0.39 is 0 Å². The van der Waals surface area contributed by atoms with Crippen LogP contribution in [-0.2, 0) is 0 Å². The molecule has 0 aliphatic heterocycles. The molecule has 0 radical (unpaired) electrons. The minimum Gasteiger partial charge on any atom is -0.354 e. The van der Waals surface area contributed by atoms with E-state index in [0.29, 0.717) is 0 Å². The van der Waals surface area contributed by atoms with Crippen LogP contribution in [0.25, 0.3) is 71.6 Å². The molecule has 0 atom stereocenters. The number of aromatic amines is 1. The Bertz CT molecular complexity index is 2110. The van der Waals surface area contributed by atoms with Crippen LogP contribution >= 0.6 is 0 Å². The molecule has 0 aliphatic carbocycles. The second kappa shape index (κ2) is 8.22. The van der Waals surface area contributed by atoms with Crippen molar-refractivity contribution in [3.05, 3.63) is 140 Å². The zero-order valence-electron chi connectivity index (χ0n) is 20.7. The van der Waals surface area contributed by atoms with E-state index in [2.05, 4.69) is 149 Å². The van der Waals surface area contributed by atoms with E-state index in [0.717, 1.165) is 5.52 Å². The summed E-state index contributed by atoms with van der Waals surface area (Å²) in [5.74, 6) is 0. The quantitative estimate of drug-likeness (QED) is 0.258. The van der Waals surface area contributed by atoms with Gasteiger partial charge in [-0.15, -0.1) is 0 Å². The molecule has 0 amide bonds. The van der Waals surface area contributed by atoms with Crippen LogP contribution in [0.2, 0.25) is 0 Å². The monoisotopic (exact) mass is 484 g/mol. The lowest BCUT2D eigenvalue weighted by Gasteiger charge is -2.16. The predicted molar refractivity (Wildman–Crippen MR) is 161 cm³/mol. The minimum absolute atomic E-state index is 1.16. The van der Waals surface area contributed by atoms with E-state index in [1.54, 1.807) is 0 Å². The maximum Gasteiger partial charge on any atom is 0.0562 e. The molecule has 8 rings (SSSR count). The lowest BCUT2D eigenvalue weighted by Crippen LogP contribution is -1.98. The lowest BCUT2D eigenvalue weighted by atomic mass is 9.98. The van der Waals surface area contributed by atoms with Gasteiger partial charge in [-0.2, -0.15) is 0 Å². The Balaban J connectivity index is 1.51. The average Bonchev–Trinajstić information content (AvgIpc) is 3.51. The van der Waals surface area contributed by atoms with Crippen molar-refractivity contribution in [3.8, 4) is 27.9 Å². The third kappa shape index (κ3) is 3.14. The van der Waals surface area contributed by atoms with Crippen molar-refractivity contribution in [1.29, 1.82) is 0 Å². The number of hydrogen-bond donors (Lipinski definition) is 1. The molecule has 8 aromatic rings. The fraction of sp³-hybridized carbons (Fsp3) is 0. The topological polar surface area (TPSA) is 20.7 Å². The summed E-state index contributed by atoms with van der Waals surface area (Å²) in [6.07, 6.45) is 0. The fourth-order valence-electron chi connectivity index (χ4n) is 5.96. The van der Waals surface area contributed by atoms with E-state index in [1.165, 1.54) is 66.0 Å². The highest BCUT2D eigenvalue weighted by molar-refractivity contribution is 6.18. The summed E-state index contributed by atoms with van der Waals surface area (Å²) in [4.78, 5) is 3.66. The predicted octanol–water partition coefficient (Wildman–Crippen LogP) is 9.75. The summed E-state index contributed by atoms with van der Waals surface area (Å²) in [6, 6.07) is 50.2. The molecule has 0 spiro atoms. The van der Waals surface area contributed by atoms with Crippen molar-refractivity contribution in [2.75, 3.05) is 0 Å². The molecular weight excluding hydrogens is 460 g/mol. The zero-order valence-corrected chi connectivity index (χ0v) is 20.7. The molecule has 0 saturated heterocycles. The number of nitrogens with one attached hydrogen (secondary N) is 1. The molecule has 2 heterocycles. The summed E-state index contributed by atoms with van der Waals surface area (Å²) in [6.45, 7) is 0.